The van der Waals surface area contributed by atoms with Crippen LogP contribution in [0.3, 0.4) is 0 Å². The Morgan fingerprint density at radius 1 is 1.06 bits per heavy atom. The highest BCUT2D eigenvalue weighted by atomic mass is 35.5. The zero-order valence-electron chi connectivity index (χ0n) is 18.8. The number of rotatable bonds is 8. The third-order valence-corrected chi connectivity index (χ3v) is 7.98. The minimum absolute atomic E-state index is 0.255. The molecular weight excluding hydrogens is 444 g/mol. The van der Waals surface area contributed by atoms with Crippen molar-refractivity contribution in [3.63, 3.8) is 0 Å². The zero-order valence-corrected chi connectivity index (χ0v) is 20.4. The van der Waals surface area contributed by atoms with E-state index in [9.17, 15) is 4.79 Å². The smallest absolute Gasteiger partial charge is 0.233 e. The average Bonchev–Trinajstić information content (AvgIpc) is 3.18. The Bertz CT molecular complexity index is 876. The van der Waals surface area contributed by atoms with E-state index in [4.69, 9.17) is 16.3 Å². The summed E-state index contributed by atoms with van der Waals surface area (Å²) in [6.45, 7) is 0.276. The molecule has 1 aromatic heterocycles. The molecular formula is C24H33ClN4O2S. The van der Waals surface area contributed by atoms with Crippen LogP contribution in [0, 0.1) is 0 Å². The molecule has 174 valence electrons. The Morgan fingerprint density at radius 2 is 1.69 bits per heavy atom. The summed E-state index contributed by atoms with van der Waals surface area (Å²) in [6, 6.07) is 8.21. The highest BCUT2D eigenvalue weighted by Crippen LogP contribution is 2.31. The van der Waals surface area contributed by atoms with E-state index in [2.05, 4.69) is 15.1 Å². The van der Waals surface area contributed by atoms with Crippen molar-refractivity contribution in [3.8, 4) is 5.75 Å². The lowest BCUT2D eigenvalue weighted by Gasteiger charge is -2.41. The number of ether oxygens (including phenoxy) is 1. The van der Waals surface area contributed by atoms with E-state index in [-0.39, 0.29) is 12.5 Å². The van der Waals surface area contributed by atoms with Gasteiger partial charge in [-0.05, 0) is 37.8 Å². The summed E-state index contributed by atoms with van der Waals surface area (Å²) in [5.74, 6) is 1.99. The topological polar surface area (TPSA) is 60.2 Å². The molecule has 2 fully saturated rings. The van der Waals surface area contributed by atoms with E-state index < -0.39 is 0 Å². The number of carbonyl (C=O) groups excluding carboxylic acids is 1. The van der Waals surface area contributed by atoms with Crippen molar-refractivity contribution in [1.82, 2.24) is 19.7 Å². The maximum Gasteiger partial charge on any atom is 0.233 e. The van der Waals surface area contributed by atoms with Crippen molar-refractivity contribution in [3.05, 3.63) is 35.1 Å². The summed E-state index contributed by atoms with van der Waals surface area (Å²) in [7, 11) is 1.91. The van der Waals surface area contributed by atoms with Crippen molar-refractivity contribution >= 4 is 29.3 Å². The number of hydrogen-bond donors (Lipinski definition) is 0. The lowest BCUT2D eigenvalue weighted by molar-refractivity contribution is -0.135. The van der Waals surface area contributed by atoms with Gasteiger partial charge < -0.3 is 14.2 Å². The molecule has 0 bridgehead atoms. The van der Waals surface area contributed by atoms with E-state index >= 15 is 0 Å². The first kappa shape index (κ1) is 23.4. The van der Waals surface area contributed by atoms with Crippen LogP contribution in [0.15, 0.2) is 29.4 Å². The Morgan fingerprint density at radius 3 is 2.31 bits per heavy atom. The van der Waals surface area contributed by atoms with Crippen LogP contribution in [-0.4, -0.2) is 43.4 Å². The van der Waals surface area contributed by atoms with Crippen molar-refractivity contribution in [2.45, 2.75) is 88.1 Å². The van der Waals surface area contributed by atoms with E-state index in [1.54, 1.807) is 6.07 Å². The fourth-order valence-corrected chi connectivity index (χ4v) is 5.91. The molecule has 2 aliphatic rings. The molecule has 1 heterocycles. The second kappa shape index (κ2) is 11.4. The third-order valence-electron chi connectivity index (χ3n) is 6.67. The highest BCUT2D eigenvalue weighted by molar-refractivity contribution is 7.99. The van der Waals surface area contributed by atoms with Crippen LogP contribution >= 0.6 is 23.4 Å². The fourth-order valence-electron chi connectivity index (χ4n) is 4.93. The maximum absolute atomic E-state index is 13.4. The first-order valence-electron chi connectivity index (χ1n) is 11.8. The van der Waals surface area contributed by atoms with Crippen LogP contribution in [0.2, 0.25) is 5.02 Å². The zero-order chi connectivity index (χ0) is 22.3. The molecule has 0 radical (unpaired) electrons. The minimum Gasteiger partial charge on any atom is -0.484 e. The Kier molecular flexibility index (Phi) is 8.36. The second-order valence-electron chi connectivity index (χ2n) is 8.85. The number of thioether (sulfide) groups is 1. The first-order chi connectivity index (χ1) is 15.6. The van der Waals surface area contributed by atoms with Crippen LogP contribution in [0.25, 0.3) is 0 Å². The number of halogens is 1. The molecule has 0 atom stereocenters. The van der Waals surface area contributed by atoms with Gasteiger partial charge in [-0.25, -0.2) is 0 Å². The summed E-state index contributed by atoms with van der Waals surface area (Å²) in [5, 5.41) is 9.87. The van der Waals surface area contributed by atoms with Crippen LogP contribution in [0.1, 0.15) is 70.0 Å². The minimum atomic E-state index is 0.255. The molecule has 1 amide bonds. The predicted molar refractivity (Wildman–Crippen MR) is 128 cm³/mol. The normalized spacial score (nSPS) is 17.9. The molecule has 1 aromatic carbocycles. The standard InChI is InChI=1S/C24H33ClN4O2S/c1-28-22(16-31-21-15-9-8-14-20(21)25)26-27-24(28)32-17-23(30)29(18-10-4-2-5-11-18)19-12-6-3-7-13-19/h8-9,14-15,18-19H,2-7,10-13,16-17H2,1H3. The molecule has 6 nitrogen and oxygen atoms in total. The summed E-state index contributed by atoms with van der Waals surface area (Å²) >= 11 is 7.64. The summed E-state index contributed by atoms with van der Waals surface area (Å²) < 4.78 is 7.70. The molecule has 0 unspecified atom stereocenters. The number of para-hydroxylation sites is 1. The predicted octanol–water partition coefficient (Wildman–Crippen LogP) is 5.63. The SMILES string of the molecule is Cn1c(COc2ccccc2Cl)nnc1SCC(=O)N(C1CCCCC1)C1CCCCC1. The molecule has 0 aliphatic heterocycles. The number of amides is 1. The molecule has 2 saturated carbocycles. The van der Waals surface area contributed by atoms with Gasteiger partial charge in [-0.2, -0.15) is 0 Å². The summed E-state index contributed by atoms with van der Waals surface area (Å²) in [5.41, 5.74) is 0. The van der Waals surface area contributed by atoms with Gasteiger partial charge in [0.05, 0.1) is 10.8 Å². The van der Waals surface area contributed by atoms with Crippen molar-refractivity contribution in [1.29, 1.82) is 0 Å². The van der Waals surface area contributed by atoms with Gasteiger partial charge in [0.2, 0.25) is 5.91 Å². The summed E-state index contributed by atoms with van der Waals surface area (Å²) in [4.78, 5) is 15.7. The van der Waals surface area contributed by atoms with E-state index in [0.29, 0.717) is 34.4 Å². The lowest BCUT2D eigenvalue weighted by atomic mass is 9.88. The van der Waals surface area contributed by atoms with Gasteiger partial charge in [-0.1, -0.05) is 74.0 Å². The Labute approximate surface area is 200 Å². The third kappa shape index (κ3) is 5.79. The number of carbonyl (C=O) groups is 1. The van der Waals surface area contributed by atoms with Crippen LogP contribution in [-0.2, 0) is 18.4 Å². The van der Waals surface area contributed by atoms with E-state index in [1.807, 2.05) is 29.8 Å². The number of nitrogens with zero attached hydrogens (tertiary/aromatic N) is 4. The first-order valence-corrected chi connectivity index (χ1v) is 13.2. The van der Waals surface area contributed by atoms with Crippen molar-refractivity contribution < 1.29 is 9.53 Å². The molecule has 0 saturated heterocycles. The molecule has 4 rings (SSSR count). The van der Waals surface area contributed by atoms with E-state index in [1.165, 1.54) is 50.3 Å². The van der Waals surface area contributed by atoms with Gasteiger partial charge in [0, 0.05) is 19.1 Å². The van der Waals surface area contributed by atoms with Crippen LogP contribution in [0.4, 0.5) is 0 Å². The molecule has 0 spiro atoms. The van der Waals surface area contributed by atoms with Crippen LogP contribution in [0.5, 0.6) is 5.75 Å². The maximum atomic E-state index is 13.4. The average molecular weight is 477 g/mol. The number of hydrogen-bond acceptors (Lipinski definition) is 5. The Balaban J connectivity index is 1.37. The number of aromatic nitrogens is 3. The molecule has 0 N–H and O–H groups in total. The number of benzene rings is 1. The molecule has 2 aromatic rings. The lowest BCUT2D eigenvalue weighted by Crippen LogP contribution is -2.49. The summed E-state index contributed by atoms with van der Waals surface area (Å²) in [6.07, 6.45) is 12.2. The fraction of sp³-hybridized carbons (Fsp3) is 0.625. The molecule has 8 heteroatoms. The Hall–Kier alpha value is -1.73. The van der Waals surface area contributed by atoms with E-state index in [0.717, 1.165) is 30.8 Å². The van der Waals surface area contributed by atoms with Gasteiger partial charge >= 0.3 is 0 Å². The van der Waals surface area contributed by atoms with Gasteiger partial charge in [0.15, 0.2) is 11.0 Å². The van der Waals surface area contributed by atoms with Gasteiger partial charge in [0.25, 0.3) is 0 Å². The van der Waals surface area contributed by atoms with Crippen LogP contribution < -0.4 is 4.74 Å². The van der Waals surface area contributed by atoms with Gasteiger partial charge in [-0.3, -0.25) is 4.79 Å². The monoisotopic (exact) mass is 476 g/mol. The quantitative estimate of drug-likeness (QED) is 0.462. The van der Waals surface area contributed by atoms with Crippen molar-refractivity contribution in [2.24, 2.45) is 7.05 Å². The van der Waals surface area contributed by atoms with Gasteiger partial charge in [-0.15, -0.1) is 10.2 Å². The van der Waals surface area contributed by atoms with Crippen molar-refractivity contribution in [2.75, 3.05) is 5.75 Å². The molecule has 32 heavy (non-hydrogen) atoms. The highest BCUT2D eigenvalue weighted by Gasteiger charge is 2.32. The second-order valence-corrected chi connectivity index (χ2v) is 10.2. The van der Waals surface area contributed by atoms with Gasteiger partial charge in [0.1, 0.15) is 12.4 Å². The largest absolute Gasteiger partial charge is 0.484 e. The molecule has 2 aliphatic carbocycles.